The summed E-state index contributed by atoms with van der Waals surface area (Å²) in [4.78, 5) is 22.9. The number of aryl methyl sites for hydroxylation is 1. The van der Waals surface area contributed by atoms with Crippen molar-refractivity contribution in [1.82, 2.24) is 19.7 Å². The van der Waals surface area contributed by atoms with Gasteiger partial charge in [0.15, 0.2) is 0 Å². The third kappa shape index (κ3) is 4.82. The van der Waals surface area contributed by atoms with Gasteiger partial charge in [-0.05, 0) is 25.1 Å². The van der Waals surface area contributed by atoms with Crippen LogP contribution in [0.4, 0.5) is 22.7 Å². The SMILES string of the molecule is CNc1ccc(N2CCOCC2)cc1NCc1c(NC(C)c2cscn2)c2nn(C)cc2[nH]c1=O. The number of H-pyrrole nitrogens is 1. The zero-order valence-corrected chi connectivity index (χ0v) is 20.9. The molecule has 10 nitrogen and oxygen atoms in total. The zero-order valence-electron chi connectivity index (χ0n) is 20.1. The molecule has 1 aliphatic heterocycles. The van der Waals surface area contributed by atoms with Gasteiger partial charge in [0, 0.05) is 51.0 Å². The van der Waals surface area contributed by atoms with Crippen molar-refractivity contribution in [1.29, 1.82) is 0 Å². The number of thiazole rings is 1. The molecule has 0 saturated carbocycles. The van der Waals surface area contributed by atoms with Crippen molar-refractivity contribution in [3.8, 4) is 0 Å². The van der Waals surface area contributed by atoms with E-state index < -0.39 is 0 Å². The summed E-state index contributed by atoms with van der Waals surface area (Å²) < 4.78 is 7.21. The average molecular weight is 495 g/mol. The van der Waals surface area contributed by atoms with E-state index in [2.05, 4.69) is 54.1 Å². The highest BCUT2D eigenvalue weighted by atomic mass is 32.1. The molecule has 35 heavy (non-hydrogen) atoms. The summed E-state index contributed by atoms with van der Waals surface area (Å²) >= 11 is 1.55. The van der Waals surface area contributed by atoms with Crippen LogP contribution in [0.1, 0.15) is 24.2 Å². The number of aromatic amines is 1. The van der Waals surface area contributed by atoms with Crippen LogP contribution in [0.25, 0.3) is 11.0 Å². The molecule has 1 unspecified atom stereocenters. The molecule has 0 radical (unpaired) electrons. The summed E-state index contributed by atoms with van der Waals surface area (Å²) in [5.74, 6) is 0. The first kappa shape index (κ1) is 23.2. The molecule has 1 atom stereocenters. The summed E-state index contributed by atoms with van der Waals surface area (Å²) in [7, 11) is 3.74. The van der Waals surface area contributed by atoms with Crippen molar-refractivity contribution in [2.75, 3.05) is 54.2 Å². The second kappa shape index (κ2) is 9.96. The first-order valence-corrected chi connectivity index (χ1v) is 12.6. The fraction of sp³-hybridized carbons (Fsp3) is 0.375. The van der Waals surface area contributed by atoms with Crippen molar-refractivity contribution < 1.29 is 4.74 Å². The largest absolute Gasteiger partial charge is 0.386 e. The first-order chi connectivity index (χ1) is 17.0. The monoisotopic (exact) mass is 494 g/mol. The summed E-state index contributed by atoms with van der Waals surface area (Å²) in [5, 5.41) is 16.9. The molecule has 4 heterocycles. The fourth-order valence-corrected chi connectivity index (χ4v) is 5.02. The lowest BCUT2D eigenvalue weighted by Crippen LogP contribution is -2.36. The summed E-state index contributed by atoms with van der Waals surface area (Å²) in [6, 6.07) is 6.21. The number of ether oxygens (including phenoxy) is 1. The van der Waals surface area contributed by atoms with E-state index in [1.54, 1.807) is 16.0 Å². The molecule has 5 rings (SSSR count). The van der Waals surface area contributed by atoms with Crippen molar-refractivity contribution in [3.63, 3.8) is 0 Å². The molecule has 0 spiro atoms. The van der Waals surface area contributed by atoms with Gasteiger partial charge in [-0.3, -0.25) is 9.48 Å². The van der Waals surface area contributed by atoms with E-state index in [4.69, 9.17) is 4.74 Å². The lowest BCUT2D eigenvalue weighted by Gasteiger charge is -2.29. The number of aromatic nitrogens is 4. The molecule has 4 aromatic rings. The molecule has 3 aromatic heterocycles. The molecule has 1 fully saturated rings. The van der Waals surface area contributed by atoms with E-state index in [1.165, 1.54) is 0 Å². The number of nitrogens with zero attached hydrogens (tertiary/aromatic N) is 4. The average Bonchev–Trinajstić information content (AvgIpc) is 3.53. The Morgan fingerprint density at radius 3 is 2.83 bits per heavy atom. The minimum atomic E-state index is -0.152. The van der Waals surface area contributed by atoms with Gasteiger partial charge < -0.3 is 30.6 Å². The van der Waals surface area contributed by atoms with Crippen molar-refractivity contribution in [2.24, 2.45) is 7.05 Å². The zero-order chi connectivity index (χ0) is 24.4. The first-order valence-electron chi connectivity index (χ1n) is 11.6. The van der Waals surface area contributed by atoms with Crippen LogP contribution in [-0.2, 0) is 18.3 Å². The summed E-state index contributed by atoms with van der Waals surface area (Å²) in [6.07, 6.45) is 1.82. The Hall–Kier alpha value is -3.57. The van der Waals surface area contributed by atoms with Crippen molar-refractivity contribution in [2.45, 2.75) is 19.5 Å². The van der Waals surface area contributed by atoms with Gasteiger partial charge in [0.2, 0.25) is 0 Å². The van der Waals surface area contributed by atoms with E-state index in [9.17, 15) is 4.79 Å². The van der Waals surface area contributed by atoms with Crippen LogP contribution < -0.4 is 26.4 Å². The number of morpholine rings is 1. The van der Waals surface area contributed by atoms with Gasteiger partial charge in [-0.2, -0.15) is 5.10 Å². The molecule has 184 valence electrons. The number of hydrogen-bond donors (Lipinski definition) is 4. The van der Waals surface area contributed by atoms with Crippen LogP contribution in [-0.4, -0.2) is 53.1 Å². The highest BCUT2D eigenvalue weighted by Gasteiger charge is 2.19. The van der Waals surface area contributed by atoms with Gasteiger partial charge in [0.05, 0.1) is 58.6 Å². The third-order valence-electron chi connectivity index (χ3n) is 6.25. The van der Waals surface area contributed by atoms with Gasteiger partial charge in [0.25, 0.3) is 5.56 Å². The molecule has 1 aliphatic rings. The number of pyridine rings is 1. The number of fused-ring (bicyclic) bond motifs is 1. The Kier molecular flexibility index (Phi) is 6.60. The molecule has 1 saturated heterocycles. The molecular formula is C24H30N8O2S. The maximum Gasteiger partial charge on any atom is 0.255 e. The lowest BCUT2D eigenvalue weighted by atomic mass is 10.1. The van der Waals surface area contributed by atoms with Gasteiger partial charge >= 0.3 is 0 Å². The van der Waals surface area contributed by atoms with Gasteiger partial charge in [-0.15, -0.1) is 11.3 Å². The topological polar surface area (TPSA) is 112 Å². The molecule has 0 aliphatic carbocycles. The Morgan fingerprint density at radius 1 is 1.26 bits per heavy atom. The smallest absolute Gasteiger partial charge is 0.255 e. The second-order valence-electron chi connectivity index (χ2n) is 8.58. The number of nitrogens with one attached hydrogen (secondary N) is 4. The number of hydrogen-bond acceptors (Lipinski definition) is 9. The van der Waals surface area contributed by atoms with E-state index in [1.807, 2.05) is 38.1 Å². The van der Waals surface area contributed by atoms with Crippen LogP contribution in [0.5, 0.6) is 0 Å². The molecular weight excluding hydrogens is 464 g/mol. The molecule has 11 heteroatoms. The van der Waals surface area contributed by atoms with Gasteiger partial charge in [-0.1, -0.05) is 0 Å². The van der Waals surface area contributed by atoms with Crippen LogP contribution in [0.3, 0.4) is 0 Å². The lowest BCUT2D eigenvalue weighted by molar-refractivity contribution is 0.122. The highest BCUT2D eigenvalue weighted by Crippen LogP contribution is 2.31. The molecule has 1 aromatic carbocycles. The fourth-order valence-electron chi connectivity index (χ4n) is 4.37. The Bertz CT molecular complexity index is 1360. The number of anilines is 4. The Morgan fingerprint density at radius 2 is 2.09 bits per heavy atom. The number of rotatable bonds is 8. The standard InChI is InChI=1S/C24H30N8O2S/c1-15(21-13-35-14-27-21)28-22-17(24(33)29-20-12-31(3)30-23(20)22)11-26-19-10-16(4-5-18(19)25-2)32-6-8-34-9-7-32/h4-5,10,12-15,25-26,28H,6-9,11H2,1-3H3,(H,29,33). The quantitative estimate of drug-likeness (QED) is 0.295. The predicted octanol–water partition coefficient (Wildman–Crippen LogP) is 3.38. The Balaban J connectivity index is 1.48. The summed E-state index contributed by atoms with van der Waals surface area (Å²) in [6.45, 7) is 5.53. The summed E-state index contributed by atoms with van der Waals surface area (Å²) in [5.41, 5.74) is 8.32. The molecule has 0 amide bonds. The maximum atomic E-state index is 13.2. The maximum absolute atomic E-state index is 13.2. The van der Waals surface area contributed by atoms with Crippen LogP contribution in [0.15, 0.2) is 40.1 Å². The third-order valence-corrected chi connectivity index (χ3v) is 6.85. The van der Waals surface area contributed by atoms with E-state index in [-0.39, 0.29) is 11.6 Å². The minimum Gasteiger partial charge on any atom is -0.386 e. The minimum absolute atomic E-state index is 0.0791. The molecule has 0 bridgehead atoms. The van der Waals surface area contributed by atoms with Crippen molar-refractivity contribution in [3.05, 3.63) is 56.9 Å². The predicted molar refractivity (Wildman–Crippen MR) is 142 cm³/mol. The van der Waals surface area contributed by atoms with E-state index >= 15 is 0 Å². The van der Waals surface area contributed by atoms with E-state index in [0.717, 1.165) is 54.6 Å². The van der Waals surface area contributed by atoms with Crippen molar-refractivity contribution >= 4 is 45.1 Å². The second-order valence-corrected chi connectivity index (χ2v) is 9.30. The Labute approximate surface area is 207 Å². The van der Waals surface area contributed by atoms with Gasteiger partial charge in [0.1, 0.15) is 5.52 Å². The normalized spacial score (nSPS) is 14.8. The van der Waals surface area contributed by atoms with Crippen LogP contribution in [0.2, 0.25) is 0 Å². The van der Waals surface area contributed by atoms with E-state index in [0.29, 0.717) is 23.3 Å². The van der Waals surface area contributed by atoms with Gasteiger partial charge in [-0.25, -0.2) is 4.98 Å². The van der Waals surface area contributed by atoms with Crippen LogP contribution >= 0.6 is 11.3 Å². The van der Waals surface area contributed by atoms with Crippen LogP contribution in [0, 0.1) is 0 Å². The molecule has 4 N–H and O–H groups in total. The number of benzene rings is 1. The highest BCUT2D eigenvalue weighted by molar-refractivity contribution is 7.07.